The molecule has 2 heterocycles. The smallest absolute Gasteiger partial charge is 0.178 e. The van der Waals surface area contributed by atoms with Crippen LogP contribution >= 0.6 is 0 Å². The van der Waals surface area contributed by atoms with Crippen molar-refractivity contribution < 1.29 is 46.7 Å². The Kier molecular flexibility index (Phi) is 11.4. The van der Waals surface area contributed by atoms with Crippen molar-refractivity contribution in [3.63, 3.8) is 0 Å². The van der Waals surface area contributed by atoms with Gasteiger partial charge in [0, 0.05) is 28.7 Å². The van der Waals surface area contributed by atoms with Gasteiger partial charge in [0.1, 0.15) is 57.6 Å². The first kappa shape index (κ1) is 42.9. The molecular weight excluding hydrogens is 851 g/mol. The van der Waals surface area contributed by atoms with Gasteiger partial charge < -0.3 is 37.9 Å². The van der Waals surface area contributed by atoms with Crippen molar-refractivity contribution in [1.82, 2.24) is 0 Å². The Labute approximate surface area is 387 Å². The first-order chi connectivity index (χ1) is 32.8. The Morgan fingerprint density at radius 1 is 0.433 bits per heavy atom. The highest BCUT2D eigenvalue weighted by Gasteiger charge is 2.41. The first-order valence-electron chi connectivity index (χ1n) is 21.9. The summed E-state index contributed by atoms with van der Waals surface area (Å²) < 4.78 is 80.9. The van der Waals surface area contributed by atoms with Crippen molar-refractivity contribution >= 4 is 33.7 Å². The van der Waals surface area contributed by atoms with Gasteiger partial charge in [-0.2, -0.15) is 0 Å². The van der Waals surface area contributed by atoms with Gasteiger partial charge in [0.15, 0.2) is 11.2 Å². The van der Waals surface area contributed by atoms with Crippen LogP contribution in [0.1, 0.15) is 39.8 Å². The fraction of sp³-hybridized carbons (Fsp3) is 0.158. The topological polar surface area (TPSA) is 73.8 Å². The van der Waals surface area contributed by atoms with E-state index in [1.54, 1.807) is 40.6 Å². The maximum absolute atomic E-state index is 15.9. The Bertz CT molecular complexity index is 2850. The van der Waals surface area contributed by atoms with Crippen LogP contribution < -0.4 is 37.9 Å². The number of hydrogen-bond acceptors (Lipinski definition) is 8. The number of halogens is 2. The van der Waals surface area contributed by atoms with Crippen molar-refractivity contribution in [2.75, 3.05) is 41.7 Å². The van der Waals surface area contributed by atoms with Crippen LogP contribution in [0.2, 0.25) is 0 Å². The minimum Gasteiger partial charge on any atom is -0.497 e. The molecule has 8 nitrogen and oxygen atoms in total. The third-order valence-electron chi connectivity index (χ3n) is 12.5. The fourth-order valence-corrected chi connectivity index (χ4v) is 9.02. The van der Waals surface area contributed by atoms with Gasteiger partial charge in [-0.15, -0.1) is 0 Å². The summed E-state index contributed by atoms with van der Waals surface area (Å²) in [7, 11) is 6.47. The van der Waals surface area contributed by atoms with E-state index in [0.29, 0.717) is 85.1 Å². The zero-order valence-corrected chi connectivity index (χ0v) is 37.3. The number of methoxy groups -OCH3 is 4. The standard InChI is InChI=1S/C57H46F2O8/c1-60-42-20-12-38(13-21-42)56(39-14-22-43(61-2)23-15-39)30-28-46-50(34-36-8-5-10-48(58)52(36)54(46)66-56)64-32-7-33-65-51-35-37-9-6-11-49(59)53(37)55-47(51)29-31-57(67-55,40-16-24-44(62-3)25-17-40)41-18-26-45(63-4)27-19-41/h5-6,8-31,34-35H,7,32-33H2,1-4H3. The Morgan fingerprint density at radius 2 is 0.761 bits per heavy atom. The van der Waals surface area contributed by atoms with Gasteiger partial charge in [0.05, 0.1) is 63.6 Å². The van der Waals surface area contributed by atoms with Crippen molar-refractivity contribution in [3.05, 3.63) is 203 Å². The second-order valence-corrected chi connectivity index (χ2v) is 16.2. The third-order valence-corrected chi connectivity index (χ3v) is 12.5. The largest absolute Gasteiger partial charge is 0.497 e. The highest BCUT2D eigenvalue weighted by Crippen LogP contribution is 2.51. The molecule has 0 N–H and O–H groups in total. The van der Waals surface area contributed by atoms with E-state index in [2.05, 4.69) is 0 Å². The first-order valence-corrected chi connectivity index (χ1v) is 21.9. The number of ether oxygens (including phenoxy) is 8. The lowest BCUT2D eigenvalue weighted by molar-refractivity contribution is 0.161. The van der Waals surface area contributed by atoms with Crippen molar-refractivity contribution in [1.29, 1.82) is 0 Å². The summed E-state index contributed by atoms with van der Waals surface area (Å²) in [4.78, 5) is 0. The normalized spacial score (nSPS) is 14.1. The van der Waals surface area contributed by atoms with E-state index in [-0.39, 0.29) is 13.2 Å². The molecule has 0 atom stereocenters. The fourth-order valence-electron chi connectivity index (χ4n) is 9.02. The summed E-state index contributed by atoms with van der Waals surface area (Å²) in [6.07, 6.45) is 8.30. The molecule has 0 saturated heterocycles. The van der Waals surface area contributed by atoms with E-state index in [0.717, 1.165) is 22.3 Å². The molecule has 67 heavy (non-hydrogen) atoms. The molecule has 0 unspecified atom stereocenters. The lowest BCUT2D eigenvalue weighted by Crippen LogP contribution is -2.34. The highest BCUT2D eigenvalue weighted by molar-refractivity contribution is 5.97. The predicted octanol–water partition coefficient (Wildman–Crippen LogP) is 12.9. The lowest BCUT2D eigenvalue weighted by Gasteiger charge is -2.37. The molecule has 0 radical (unpaired) electrons. The molecule has 2 aliphatic rings. The van der Waals surface area contributed by atoms with Crippen LogP contribution in [0.5, 0.6) is 46.0 Å². The Morgan fingerprint density at radius 3 is 1.07 bits per heavy atom. The van der Waals surface area contributed by atoms with E-state index < -0.39 is 22.8 Å². The van der Waals surface area contributed by atoms with Crippen LogP contribution in [-0.2, 0) is 11.2 Å². The molecule has 0 aromatic heterocycles. The molecule has 336 valence electrons. The maximum atomic E-state index is 15.9. The van der Waals surface area contributed by atoms with Gasteiger partial charge in [0.25, 0.3) is 0 Å². The van der Waals surface area contributed by atoms with Crippen LogP contribution in [0.25, 0.3) is 33.7 Å². The van der Waals surface area contributed by atoms with Crippen LogP contribution in [0.15, 0.2) is 158 Å². The van der Waals surface area contributed by atoms with Crippen molar-refractivity contribution in [3.8, 4) is 46.0 Å². The van der Waals surface area contributed by atoms with E-state index in [9.17, 15) is 0 Å². The second-order valence-electron chi connectivity index (χ2n) is 16.2. The molecule has 2 aliphatic heterocycles. The summed E-state index contributed by atoms with van der Waals surface area (Å²) in [5.41, 5.74) is 2.24. The average molecular weight is 897 g/mol. The number of fused-ring (bicyclic) bond motifs is 6. The van der Waals surface area contributed by atoms with Crippen LogP contribution in [0, 0.1) is 11.6 Å². The van der Waals surface area contributed by atoms with Crippen LogP contribution in [-0.4, -0.2) is 41.7 Å². The van der Waals surface area contributed by atoms with Gasteiger partial charge in [-0.3, -0.25) is 0 Å². The average Bonchev–Trinajstić information content (AvgIpc) is 3.38. The van der Waals surface area contributed by atoms with Gasteiger partial charge in [-0.25, -0.2) is 8.78 Å². The molecule has 8 aromatic rings. The van der Waals surface area contributed by atoms with Gasteiger partial charge >= 0.3 is 0 Å². The second kappa shape index (κ2) is 17.8. The molecule has 10 rings (SSSR count). The SMILES string of the molecule is COc1ccc(C2(c3ccc(OC)cc3)C=Cc3c(OCCCOc4cc5cccc(F)c5c5c4C=CC(c4ccc(OC)cc4)(c4ccc(OC)cc4)O5)cc4cccc(F)c4c3O2)cc1. The zero-order chi connectivity index (χ0) is 46.1. The number of benzene rings is 8. The minimum absolute atomic E-state index is 0.262. The van der Waals surface area contributed by atoms with E-state index in [1.807, 2.05) is 146 Å². The number of hydrogen-bond donors (Lipinski definition) is 0. The molecule has 0 aliphatic carbocycles. The van der Waals surface area contributed by atoms with E-state index >= 15 is 8.78 Å². The quantitative estimate of drug-likeness (QED) is 0.1000. The van der Waals surface area contributed by atoms with Gasteiger partial charge in [-0.05, 0) is 108 Å². The summed E-state index contributed by atoms with van der Waals surface area (Å²) >= 11 is 0. The Hall–Kier alpha value is -7.98. The molecule has 0 saturated carbocycles. The molecule has 10 heteroatoms. The van der Waals surface area contributed by atoms with Gasteiger partial charge in [0.2, 0.25) is 0 Å². The summed E-state index contributed by atoms with van der Waals surface area (Å²) in [5, 5.41) is 1.95. The van der Waals surface area contributed by atoms with E-state index in [4.69, 9.17) is 37.9 Å². The Balaban J connectivity index is 0.950. The highest BCUT2D eigenvalue weighted by atomic mass is 19.1. The minimum atomic E-state index is -1.13. The van der Waals surface area contributed by atoms with Crippen LogP contribution in [0.3, 0.4) is 0 Å². The van der Waals surface area contributed by atoms with E-state index in [1.165, 1.54) is 12.1 Å². The van der Waals surface area contributed by atoms with Crippen molar-refractivity contribution in [2.24, 2.45) is 0 Å². The molecule has 0 spiro atoms. The predicted molar refractivity (Wildman–Crippen MR) is 256 cm³/mol. The van der Waals surface area contributed by atoms with Crippen molar-refractivity contribution in [2.45, 2.75) is 17.6 Å². The molecular formula is C57H46F2O8. The van der Waals surface area contributed by atoms with Gasteiger partial charge in [-0.1, -0.05) is 72.8 Å². The zero-order valence-electron chi connectivity index (χ0n) is 37.3. The molecule has 0 fully saturated rings. The third kappa shape index (κ3) is 7.68. The molecule has 0 bridgehead atoms. The summed E-state index contributed by atoms with van der Waals surface area (Å²) in [5.74, 6) is 3.74. The number of rotatable bonds is 14. The molecule has 0 amide bonds. The maximum Gasteiger partial charge on any atom is 0.178 e. The summed E-state index contributed by atoms with van der Waals surface area (Å²) in [6.45, 7) is 0.524. The van der Waals surface area contributed by atoms with Crippen LogP contribution in [0.4, 0.5) is 8.78 Å². The monoisotopic (exact) mass is 896 g/mol. The lowest BCUT2D eigenvalue weighted by atomic mass is 9.83. The molecule has 8 aromatic carbocycles. The summed E-state index contributed by atoms with van der Waals surface area (Å²) in [6, 6.07) is 44.2.